The Bertz CT molecular complexity index is 1020. The number of carbonyl (C=O) groups excluding carboxylic acids is 2. The molecular formula is C23H21IN2O3S. The van der Waals surface area contributed by atoms with E-state index in [0.29, 0.717) is 13.0 Å². The summed E-state index contributed by atoms with van der Waals surface area (Å²) < 4.78 is 7.18. The van der Waals surface area contributed by atoms with Gasteiger partial charge in [0, 0.05) is 17.7 Å². The maximum Gasteiger partial charge on any atom is 0.265 e. The summed E-state index contributed by atoms with van der Waals surface area (Å²) in [5, 5.41) is 0.189. The highest BCUT2D eigenvalue weighted by atomic mass is 127. The lowest BCUT2D eigenvalue weighted by atomic mass is 10.0. The lowest BCUT2D eigenvalue weighted by Gasteiger charge is -2.31. The number of carbonyl (C=O) groups is 2. The third kappa shape index (κ3) is 4.79. The number of halogens is 1. The fraction of sp³-hybridized carbons (Fsp3) is 0.174. The Kier molecular flexibility index (Phi) is 7.04. The SMILES string of the molecule is C=CCc1cc(C=C2C(=O)N(C)C(=S)N(C)C2=O)ccc1OCc1ccc(I)cc1. The lowest BCUT2D eigenvalue weighted by Crippen LogP contribution is -2.52. The normalized spacial score (nSPS) is 14.2. The molecule has 2 aromatic carbocycles. The number of hydrogen-bond donors (Lipinski definition) is 0. The highest BCUT2D eigenvalue weighted by Gasteiger charge is 2.35. The topological polar surface area (TPSA) is 49.9 Å². The van der Waals surface area contributed by atoms with Crippen LogP contribution in [0.2, 0.25) is 0 Å². The summed E-state index contributed by atoms with van der Waals surface area (Å²) in [7, 11) is 3.12. The van der Waals surface area contributed by atoms with E-state index in [0.717, 1.165) is 22.4 Å². The molecule has 2 amide bonds. The van der Waals surface area contributed by atoms with E-state index in [1.54, 1.807) is 26.2 Å². The summed E-state index contributed by atoms with van der Waals surface area (Å²) in [4.78, 5) is 27.7. The van der Waals surface area contributed by atoms with Crippen LogP contribution in [0.3, 0.4) is 0 Å². The summed E-state index contributed by atoms with van der Waals surface area (Å²) in [6.45, 7) is 4.26. The van der Waals surface area contributed by atoms with Gasteiger partial charge >= 0.3 is 0 Å². The first-order chi connectivity index (χ1) is 14.3. The Labute approximate surface area is 195 Å². The minimum Gasteiger partial charge on any atom is -0.489 e. The number of thiocarbonyl (C=S) groups is 1. The van der Waals surface area contributed by atoms with Crippen LogP contribution < -0.4 is 4.74 Å². The molecule has 7 heteroatoms. The zero-order chi connectivity index (χ0) is 21.8. The highest BCUT2D eigenvalue weighted by Crippen LogP contribution is 2.25. The van der Waals surface area contributed by atoms with Crippen molar-refractivity contribution < 1.29 is 14.3 Å². The minimum atomic E-state index is -0.410. The van der Waals surface area contributed by atoms with Crippen LogP contribution in [0.15, 0.2) is 60.7 Å². The van der Waals surface area contributed by atoms with Crippen LogP contribution in [-0.4, -0.2) is 40.8 Å². The molecular weight excluding hydrogens is 511 g/mol. The highest BCUT2D eigenvalue weighted by molar-refractivity contribution is 14.1. The first-order valence-corrected chi connectivity index (χ1v) is 10.7. The van der Waals surface area contributed by atoms with Crippen LogP contribution in [0.4, 0.5) is 0 Å². The number of amides is 2. The van der Waals surface area contributed by atoms with Crippen LogP contribution in [-0.2, 0) is 22.6 Å². The maximum atomic E-state index is 12.5. The average molecular weight is 532 g/mol. The number of ether oxygens (including phenoxy) is 1. The maximum absolute atomic E-state index is 12.5. The molecule has 2 aromatic rings. The molecule has 0 N–H and O–H groups in total. The quantitative estimate of drug-likeness (QED) is 0.184. The second-order valence-corrected chi connectivity index (χ2v) is 8.45. The molecule has 0 bridgehead atoms. The van der Waals surface area contributed by atoms with Crippen molar-refractivity contribution in [1.29, 1.82) is 0 Å². The number of allylic oxidation sites excluding steroid dienone is 1. The third-order valence-electron chi connectivity index (χ3n) is 4.71. The van der Waals surface area contributed by atoms with Crippen molar-refractivity contribution in [2.24, 2.45) is 0 Å². The van der Waals surface area contributed by atoms with Crippen LogP contribution >= 0.6 is 34.8 Å². The molecule has 154 valence electrons. The molecule has 3 rings (SSSR count). The molecule has 1 heterocycles. The smallest absolute Gasteiger partial charge is 0.265 e. The molecule has 0 atom stereocenters. The zero-order valence-corrected chi connectivity index (χ0v) is 19.7. The number of rotatable bonds is 6. The van der Waals surface area contributed by atoms with Gasteiger partial charge in [-0.15, -0.1) is 6.58 Å². The van der Waals surface area contributed by atoms with Gasteiger partial charge in [-0.25, -0.2) is 0 Å². The van der Waals surface area contributed by atoms with Crippen molar-refractivity contribution in [2.75, 3.05) is 14.1 Å². The molecule has 30 heavy (non-hydrogen) atoms. The van der Waals surface area contributed by atoms with Crippen molar-refractivity contribution >= 4 is 57.8 Å². The zero-order valence-electron chi connectivity index (χ0n) is 16.7. The summed E-state index contributed by atoms with van der Waals surface area (Å²) in [5.41, 5.74) is 2.81. The van der Waals surface area contributed by atoms with Gasteiger partial charge < -0.3 is 4.74 Å². The van der Waals surface area contributed by atoms with Crippen LogP contribution in [0.5, 0.6) is 5.75 Å². The Hall–Kier alpha value is -2.52. The van der Waals surface area contributed by atoms with Crippen molar-refractivity contribution in [3.63, 3.8) is 0 Å². The van der Waals surface area contributed by atoms with Gasteiger partial charge in [-0.1, -0.05) is 24.3 Å². The Morgan fingerprint density at radius 2 is 1.70 bits per heavy atom. The van der Waals surface area contributed by atoms with E-state index in [1.807, 2.05) is 42.5 Å². The molecule has 0 saturated carbocycles. The molecule has 1 fully saturated rings. The van der Waals surface area contributed by atoms with Gasteiger partial charge in [-0.2, -0.15) is 0 Å². The number of nitrogens with zero attached hydrogens (tertiary/aromatic N) is 2. The van der Waals surface area contributed by atoms with Crippen LogP contribution in [0.25, 0.3) is 6.08 Å². The summed E-state index contributed by atoms with van der Waals surface area (Å²) in [6.07, 6.45) is 3.99. The first-order valence-electron chi connectivity index (χ1n) is 9.24. The second kappa shape index (κ2) is 9.53. The molecule has 5 nitrogen and oxygen atoms in total. The van der Waals surface area contributed by atoms with Crippen molar-refractivity contribution in [2.45, 2.75) is 13.0 Å². The van der Waals surface area contributed by atoms with E-state index in [-0.39, 0.29) is 10.7 Å². The van der Waals surface area contributed by atoms with Gasteiger partial charge in [0.2, 0.25) is 0 Å². The predicted molar refractivity (Wildman–Crippen MR) is 130 cm³/mol. The van der Waals surface area contributed by atoms with E-state index in [1.165, 1.54) is 13.4 Å². The molecule has 0 aromatic heterocycles. The molecule has 0 unspecified atom stereocenters. The summed E-state index contributed by atoms with van der Waals surface area (Å²) >= 11 is 7.39. The Morgan fingerprint density at radius 1 is 1.07 bits per heavy atom. The van der Waals surface area contributed by atoms with E-state index in [4.69, 9.17) is 17.0 Å². The summed E-state index contributed by atoms with van der Waals surface area (Å²) in [6, 6.07) is 13.7. The van der Waals surface area contributed by atoms with Gasteiger partial charge in [0.15, 0.2) is 5.11 Å². The molecule has 1 aliphatic rings. The van der Waals surface area contributed by atoms with Gasteiger partial charge in [-0.3, -0.25) is 19.4 Å². The summed E-state index contributed by atoms with van der Waals surface area (Å²) in [5.74, 6) is -0.0767. The number of hydrogen-bond acceptors (Lipinski definition) is 4. The Morgan fingerprint density at radius 3 is 2.30 bits per heavy atom. The molecule has 1 saturated heterocycles. The first kappa shape index (κ1) is 22.2. The second-order valence-electron chi connectivity index (χ2n) is 6.84. The third-order valence-corrected chi connectivity index (χ3v) is 5.98. The monoisotopic (exact) mass is 532 g/mol. The predicted octanol–water partition coefficient (Wildman–Crippen LogP) is 4.20. The molecule has 1 aliphatic heterocycles. The number of likely N-dealkylation sites (N-methyl/N-ethyl adjacent to an activating group) is 2. The van der Waals surface area contributed by atoms with E-state index < -0.39 is 11.8 Å². The largest absolute Gasteiger partial charge is 0.489 e. The fourth-order valence-electron chi connectivity index (χ4n) is 3.03. The van der Waals surface area contributed by atoms with Gasteiger partial charge in [0.25, 0.3) is 11.8 Å². The lowest BCUT2D eigenvalue weighted by molar-refractivity contribution is -0.132. The van der Waals surface area contributed by atoms with Crippen molar-refractivity contribution in [3.8, 4) is 5.75 Å². The molecule has 0 spiro atoms. The van der Waals surface area contributed by atoms with E-state index >= 15 is 0 Å². The standard InChI is InChI=1S/C23H21IN2O3S/c1-4-5-17-12-16(13-19-21(27)25(2)23(30)26(3)22(19)28)8-11-20(17)29-14-15-6-9-18(24)10-7-15/h4,6-13H,1,5,14H2,2-3H3. The van der Waals surface area contributed by atoms with Crippen LogP contribution in [0, 0.1) is 3.57 Å². The number of benzene rings is 2. The average Bonchev–Trinajstić information content (AvgIpc) is 2.74. The molecule has 0 aliphatic carbocycles. The van der Waals surface area contributed by atoms with Crippen molar-refractivity contribution in [1.82, 2.24) is 9.80 Å². The van der Waals surface area contributed by atoms with E-state index in [9.17, 15) is 9.59 Å². The minimum absolute atomic E-state index is 0.0747. The van der Waals surface area contributed by atoms with E-state index in [2.05, 4.69) is 29.2 Å². The van der Waals surface area contributed by atoms with Gasteiger partial charge in [-0.05, 0) is 88.3 Å². The molecule has 0 radical (unpaired) electrons. The van der Waals surface area contributed by atoms with Crippen LogP contribution in [0.1, 0.15) is 16.7 Å². The van der Waals surface area contributed by atoms with Crippen molar-refractivity contribution in [3.05, 3.63) is 81.0 Å². The fourth-order valence-corrected chi connectivity index (χ4v) is 3.55. The van der Waals surface area contributed by atoms with Gasteiger partial charge in [0.05, 0.1) is 0 Å². The van der Waals surface area contributed by atoms with Gasteiger partial charge in [0.1, 0.15) is 17.9 Å². The Balaban J connectivity index is 1.87.